The fourth-order valence-electron chi connectivity index (χ4n) is 0.980. The van der Waals surface area contributed by atoms with E-state index < -0.39 is 0 Å². The first-order valence-corrected chi connectivity index (χ1v) is 5.42. The van der Waals surface area contributed by atoms with Crippen molar-refractivity contribution < 1.29 is 9.59 Å². The molecule has 0 aliphatic carbocycles. The van der Waals surface area contributed by atoms with Gasteiger partial charge in [0.25, 0.3) is 0 Å². The third-order valence-electron chi connectivity index (χ3n) is 1.77. The molecule has 5 heteroatoms. The Hall–Kier alpha value is -0.710. The number of nitrogens with one attached hydrogen (secondary N) is 2. The van der Waals surface area contributed by atoms with Crippen LogP contribution < -0.4 is 10.6 Å². The van der Waals surface area contributed by atoms with Crippen molar-refractivity contribution in [3.63, 3.8) is 0 Å². The van der Waals surface area contributed by atoms with Gasteiger partial charge < -0.3 is 10.6 Å². The highest BCUT2D eigenvalue weighted by Crippen LogP contribution is 1.99. The molecule has 0 saturated carbocycles. The molecule has 0 unspecified atom stereocenters. The molecule has 14 heavy (non-hydrogen) atoms. The van der Waals surface area contributed by atoms with Crippen LogP contribution in [0.25, 0.3) is 0 Å². The number of hydrogen-bond acceptors (Lipinski definition) is 3. The number of hydrogen-bond donors (Lipinski definition) is 3. The van der Waals surface area contributed by atoms with E-state index in [1.165, 1.54) is 0 Å². The molecule has 0 aliphatic heterocycles. The van der Waals surface area contributed by atoms with E-state index in [0.29, 0.717) is 25.1 Å². The van der Waals surface area contributed by atoms with Gasteiger partial charge in [0.1, 0.15) is 0 Å². The van der Waals surface area contributed by atoms with Crippen LogP contribution in [-0.2, 0) is 9.59 Å². The molecule has 0 bridgehead atoms. The largest absolute Gasteiger partial charge is 0.359 e. The first kappa shape index (κ1) is 13.3. The second kappa shape index (κ2) is 8.87. The van der Waals surface area contributed by atoms with Crippen molar-refractivity contribution in [2.75, 3.05) is 19.3 Å². The topological polar surface area (TPSA) is 58.2 Å². The Morgan fingerprint density at radius 1 is 1.14 bits per heavy atom. The lowest BCUT2D eigenvalue weighted by Crippen LogP contribution is -2.25. The number of thiol groups is 1. The van der Waals surface area contributed by atoms with Gasteiger partial charge in [-0.05, 0) is 12.8 Å². The average Bonchev–Trinajstić information content (AvgIpc) is 2.21. The Labute approximate surface area is 90.2 Å². The van der Waals surface area contributed by atoms with Crippen LogP contribution in [-0.4, -0.2) is 31.2 Å². The lowest BCUT2D eigenvalue weighted by Gasteiger charge is -2.02. The molecular weight excluding hydrogens is 200 g/mol. The van der Waals surface area contributed by atoms with Gasteiger partial charge in [-0.1, -0.05) is 0 Å². The van der Waals surface area contributed by atoms with Gasteiger partial charge in [0.2, 0.25) is 11.8 Å². The van der Waals surface area contributed by atoms with Crippen LogP contribution in [0.1, 0.15) is 25.7 Å². The van der Waals surface area contributed by atoms with Crippen LogP contribution in [0.3, 0.4) is 0 Å². The molecule has 0 saturated heterocycles. The van der Waals surface area contributed by atoms with Crippen LogP contribution in [0, 0.1) is 0 Å². The molecule has 0 aromatic heterocycles. The molecule has 0 aromatic rings. The lowest BCUT2D eigenvalue weighted by atomic mass is 10.2. The van der Waals surface area contributed by atoms with Gasteiger partial charge in [0.05, 0.1) is 0 Å². The van der Waals surface area contributed by atoms with Crippen molar-refractivity contribution in [3.8, 4) is 0 Å². The number of carbonyl (C=O) groups excluding carboxylic acids is 2. The minimum absolute atomic E-state index is 0.0285. The SMILES string of the molecule is CNC(=O)CCCCC(=O)NCCS. The van der Waals surface area contributed by atoms with E-state index in [1.54, 1.807) is 7.05 Å². The van der Waals surface area contributed by atoms with E-state index in [2.05, 4.69) is 23.3 Å². The molecule has 0 fully saturated rings. The lowest BCUT2D eigenvalue weighted by molar-refractivity contribution is -0.122. The van der Waals surface area contributed by atoms with Crippen LogP contribution in [0.2, 0.25) is 0 Å². The maximum Gasteiger partial charge on any atom is 0.220 e. The number of carbonyl (C=O) groups is 2. The van der Waals surface area contributed by atoms with Crippen molar-refractivity contribution in [1.82, 2.24) is 10.6 Å². The minimum Gasteiger partial charge on any atom is -0.359 e. The predicted octanol–water partition coefficient (Wildman–Crippen LogP) is 0.339. The fraction of sp³-hybridized carbons (Fsp3) is 0.778. The summed E-state index contributed by atoms with van der Waals surface area (Å²) >= 11 is 3.98. The van der Waals surface area contributed by atoms with E-state index in [0.717, 1.165) is 12.8 Å². The maximum absolute atomic E-state index is 11.1. The predicted molar refractivity (Wildman–Crippen MR) is 59.4 cm³/mol. The van der Waals surface area contributed by atoms with E-state index in [4.69, 9.17) is 0 Å². The third kappa shape index (κ3) is 7.91. The van der Waals surface area contributed by atoms with Gasteiger partial charge in [-0.3, -0.25) is 9.59 Å². The van der Waals surface area contributed by atoms with E-state index in [-0.39, 0.29) is 11.8 Å². The van der Waals surface area contributed by atoms with Gasteiger partial charge in [0, 0.05) is 32.2 Å². The van der Waals surface area contributed by atoms with Crippen LogP contribution in [0.5, 0.6) is 0 Å². The van der Waals surface area contributed by atoms with Gasteiger partial charge in [-0.25, -0.2) is 0 Å². The van der Waals surface area contributed by atoms with Crippen LogP contribution >= 0.6 is 12.6 Å². The highest BCUT2D eigenvalue weighted by molar-refractivity contribution is 7.80. The first-order chi connectivity index (χ1) is 6.70. The summed E-state index contributed by atoms with van der Waals surface area (Å²) in [6.07, 6.45) is 2.50. The summed E-state index contributed by atoms with van der Waals surface area (Å²) in [5, 5.41) is 5.26. The summed E-state index contributed by atoms with van der Waals surface area (Å²) in [4.78, 5) is 21.9. The van der Waals surface area contributed by atoms with E-state index in [1.807, 2.05) is 0 Å². The second-order valence-corrected chi connectivity index (χ2v) is 3.40. The van der Waals surface area contributed by atoms with Crippen LogP contribution in [0.4, 0.5) is 0 Å². The van der Waals surface area contributed by atoms with E-state index in [9.17, 15) is 9.59 Å². The molecule has 0 spiro atoms. The van der Waals surface area contributed by atoms with Gasteiger partial charge >= 0.3 is 0 Å². The minimum atomic E-state index is 0.0285. The summed E-state index contributed by atoms with van der Waals surface area (Å²) in [7, 11) is 1.61. The molecule has 0 rings (SSSR count). The summed E-state index contributed by atoms with van der Waals surface area (Å²) in [5.74, 6) is 0.723. The molecule has 4 nitrogen and oxygen atoms in total. The van der Waals surface area contributed by atoms with Crippen LogP contribution in [0.15, 0.2) is 0 Å². The zero-order chi connectivity index (χ0) is 10.8. The summed E-state index contributed by atoms with van der Waals surface area (Å²) in [6, 6.07) is 0. The summed E-state index contributed by atoms with van der Waals surface area (Å²) in [6.45, 7) is 0.609. The van der Waals surface area contributed by atoms with Gasteiger partial charge in [-0.15, -0.1) is 0 Å². The molecule has 0 aliphatic rings. The highest BCUT2D eigenvalue weighted by atomic mass is 32.1. The third-order valence-corrected chi connectivity index (χ3v) is 1.99. The molecule has 82 valence electrons. The molecule has 0 radical (unpaired) electrons. The Morgan fingerprint density at radius 3 is 2.21 bits per heavy atom. The molecular formula is C9H18N2O2S. The monoisotopic (exact) mass is 218 g/mol. The van der Waals surface area contributed by atoms with Crippen molar-refractivity contribution in [3.05, 3.63) is 0 Å². The average molecular weight is 218 g/mol. The van der Waals surface area contributed by atoms with Crippen molar-refractivity contribution in [2.45, 2.75) is 25.7 Å². The zero-order valence-electron chi connectivity index (χ0n) is 8.51. The normalized spacial score (nSPS) is 9.57. The van der Waals surface area contributed by atoms with Crippen molar-refractivity contribution >= 4 is 24.4 Å². The molecule has 0 heterocycles. The molecule has 0 aromatic carbocycles. The smallest absolute Gasteiger partial charge is 0.220 e. The molecule has 0 atom stereocenters. The Morgan fingerprint density at radius 2 is 1.71 bits per heavy atom. The van der Waals surface area contributed by atoms with Gasteiger partial charge in [0.15, 0.2) is 0 Å². The number of rotatable bonds is 7. The molecule has 2 amide bonds. The summed E-state index contributed by atoms with van der Waals surface area (Å²) in [5.41, 5.74) is 0. The fourth-order valence-corrected chi connectivity index (χ4v) is 1.09. The Bertz CT molecular complexity index is 186. The first-order valence-electron chi connectivity index (χ1n) is 4.79. The molecule has 2 N–H and O–H groups in total. The van der Waals surface area contributed by atoms with Crippen molar-refractivity contribution in [2.24, 2.45) is 0 Å². The maximum atomic E-state index is 11.1. The Kier molecular flexibility index (Phi) is 8.42. The number of unbranched alkanes of at least 4 members (excludes halogenated alkanes) is 1. The highest BCUT2D eigenvalue weighted by Gasteiger charge is 2.01. The summed E-state index contributed by atoms with van der Waals surface area (Å²) < 4.78 is 0. The quantitative estimate of drug-likeness (QED) is 0.426. The number of amides is 2. The van der Waals surface area contributed by atoms with Gasteiger partial charge in [-0.2, -0.15) is 12.6 Å². The standard InChI is InChI=1S/C9H18N2O2S/c1-10-8(12)4-2-3-5-9(13)11-6-7-14/h14H,2-7H2,1H3,(H,10,12)(H,11,13). The zero-order valence-corrected chi connectivity index (χ0v) is 9.40. The Balaban J connectivity index is 3.27. The second-order valence-electron chi connectivity index (χ2n) is 2.95. The van der Waals surface area contributed by atoms with E-state index >= 15 is 0 Å². The van der Waals surface area contributed by atoms with Crippen molar-refractivity contribution in [1.29, 1.82) is 0 Å².